The van der Waals surface area contributed by atoms with Gasteiger partial charge in [-0.05, 0) is 74.7 Å². The van der Waals surface area contributed by atoms with Crippen LogP contribution in [0.3, 0.4) is 0 Å². The molecule has 0 radical (unpaired) electrons. The summed E-state index contributed by atoms with van der Waals surface area (Å²) in [5, 5.41) is 2.94. The number of halogens is 1. The van der Waals surface area contributed by atoms with Crippen molar-refractivity contribution in [1.82, 2.24) is 4.90 Å². The summed E-state index contributed by atoms with van der Waals surface area (Å²) >= 11 is 0. The predicted octanol–water partition coefficient (Wildman–Crippen LogP) is 3.50. The molecule has 0 aliphatic carbocycles. The fourth-order valence-electron chi connectivity index (χ4n) is 3.46. The maximum atomic E-state index is 13.1. The van der Waals surface area contributed by atoms with Gasteiger partial charge in [0.15, 0.2) is 0 Å². The number of rotatable bonds is 7. The Bertz CT molecular complexity index is 977. The maximum Gasteiger partial charge on any atom is 0.241 e. The zero-order valence-electron chi connectivity index (χ0n) is 16.6. The molecule has 1 aliphatic heterocycles. The summed E-state index contributed by atoms with van der Waals surface area (Å²) in [4.78, 5) is 14.9. The van der Waals surface area contributed by atoms with Crippen LogP contribution in [0.2, 0.25) is 0 Å². The zero-order valence-corrected chi connectivity index (χ0v) is 17.4. The van der Waals surface area contributed by atoms with Gasteiger partial charge >= 0.3 is 0 Å². The minimum Gasteiger partial charge on any atom is -0.325 e. The number of sulfonamides is 1. The molecule has 0 saturated carbocycles. The lowest BCUT2D eigenvalue weighted by Crippen LogP contribution is -2.39. The van der Waals surface area contributed by atoms with Crippen LogP contribution in [0.1, 0.15) is 30.9 Å². The molecule has 0 spiro atoms. The minimum absolute atomic E-state index is 0.00347. The maximum absolute atomic E-state index is 13.1. The molecule has 1 aliphatic rings. The number of nitrogens with one attached hydrogen (secondary N) is 2. The SMILES string of the molecule is CCS(=O)(=O)Nc1ccc(NC(=O)[C@@H]2CCCN2Cc2ccc(F)cc2)cc1C. The van der Waals surface area contributed by atoms with Gasteiger partial charge in [0, 0.05) is 12.2 Å². The van der Waals surface area contributed by atoms with Gasteiger partial charge in [-0.25, -0.2) is 12.8 Å². The first-order valence-electron chi connectivity index (χ1n) is 9.68. The number of carbonyl (C=O) groups excluding carboxylic acids is 1. The van der Waals surface area contributed by atoms with Crippen LogP contribution in [0.15, 0.2) is 42.5 Å². The largest absolute Gasteiger partial charge is 0.325 e. The number of amides is 1. The van der Waals surface area contributed by atoms with Crippen LogP contribution in [-0.4, -0.2) is 37.6 Å². The summed E-state index contributed by atoms with van der Waals surface area (Å²) < 4.78 is 39.1. The molecule has 2 N–H and O–H groups in total. The number of hydrogen-bond acceptors (Lipinski definition) is 4. The molecule has 0 aromatic heterocycles. The number of likely N-dealkylation sites (tertiary alicyclic amines) is 1. The first-order valence-corrected chi connectivity index (χ1v) is 11.3. The lowest BCUT2D eigenvalue weighted by atomic mass is 10.1. The van der Waals surface area contributed by atoms with Gasteiger partial charge in [0.25, 0.3) is 0 Å². The number of benzene rings is 2. The van der Waals surface area contributed by atoms with Crippen molar-refractivity contribution in [2.24, 2.45) is 0 Å². The molecule has 29 heavy (non-hydrogen) atoms. The molecule has 2 aromatic carbocycles. The Morgan fingerprint density at radius 3 is 2.59 bits per heavy atom. The van der Waals surface area contributed by atoms with E-state index >= 15 is 0 Å². The van der Waals surface area contributed by atoms with Gasteiger partial charge < -0.3 is 5.32 Å². The van der Waals surface area contributed by atoms with Crippen LogP contribution in [-0.2, 0) is 21.4 Å². The Morgan fingerprint density at radius 1 is 1.21 bits per heavy atom. The average molecular weight is 420 g/mol. The van der Waals surface area contributed by atoms with Crippen LogP contribution >= 0.6 is 0 Å². The summed E-state index contributed by atoms with van der Waals surface area (Å²) in [6, 6.07) is 11.2. The Balaban J connectivity index is 1.65. The fraction of sp³-hybridized carbons (Fsp3) is 0.381. The third-order valence-corrected chi connectivity index (χ3v) is 6.40. The topological polar surface area (TPSA) is 78.5 Å². The number of hydrogen-bond donors (Lipinski definition) is 2. The van der Waals surface area contributed by atoms with Crippen molar-refractivity contribution in [3.63, 3.8) is 0 Å². The van der Waals surface area contributed by atoms with Gasteiger partial charge in [-0.15, -0.1) is 0 Å². The van der Waals surface area contributed by atoms with Gasteiger partial charge in [-0.2, -0.15) is 0 Å². The van der Waals surface area contributed by atoms with E-state index in [1.54, 1.807) is 44.2 Å². The summed E-state index contributed by atoms with van der Waals surface area (Å²) in [6.07, 6.45) is 1.69. The molecule has 0 unspecified atom stereocenters. The molecule has 1 amide bonds. The van der Waals surface area contributed by atoms with Gasteiger partial charge in [0.1, 0.15) is 5.82 Å². The summed E-state index contributed by atoms with van der Waals surface area (Å²) in [7, 11) is -3.35. The minimum atomic E-state index is -3.35. The molecule has 1 heterocycles. The highest BCUT2D eigenvalue weighted by atomic mass is 32.2. The molecule has 3 rings (SSSR count). The second-order valence-corrected chi connectivity index (χ2v) is 9.29. The molecule has 1 saturated heterocycles. The number of aryl methyl sites for hydroxylation is 1. The van der Waals surface area contributed by atoms with Crippen molar-refractivity contribution in [2.75, 3.05) is 22.3 Å². The van der Waals surface area contributed by atoms with Gasteiger partial charge in [-0.1, -0.05) is 12.1 Å². The molecule has 1 atom stereocenters. The molecule has 2 aromatic rings. The fourth-order valence-corrected chi connectivity index (χ4v) is 4.17. The first kappa shape index (κ1) is 21.3. The highest BCUT2D eigenvalue weighted by Gasteiger charge is 2.30. The van der Waals surface area contributed by atoms with E-state index in [1.807, 2.05) is 0 Å². The van der Waals surface area contributed by atoms with E-state index in [0.29, 0.717) is 17.9 Å². The molecule has 6 nitrogen and oxygen atoms in total. The van der Waals surface area contributed by atoms with Crippen molar-refractivity contribution >= 4 is 27.3 Å². The normalized spacial score (nSPS) is 17.3. The van der Waals surface area contributed by atoms with Crippen molar-refractivity contribution in [1.29, 1.82) is 0 Å². The van der Waals surface area contributed by atoms with Crippen molar-refractivity contribution in [3.8, 4) is 0 Å². The second-order valence-electron chi connectivity index (χ2n) is 7.28. The number of nitrogens with zero attached hydrogens (tertiary/aromatic N) is 1. The van der Waals surface area contributed by atoms with Crippen molar-refractivity contribution < 1.29 is 17.6 Å². The standard InChI is InChI=1S/C21H26FN3O3S/c1-3-29(27,28)24-19-11-10-18(13-15(19)2)23-21(26)20-5-4-12-25(20)14-16-6-8-17(22)9-7-16/h6-11,13,20,24H,3-5,12,14H2,1-2H3,(H,23,26)/t20-/m0/s1. The molecule has 0 bridgehead atoms. The first-order chi connectivity index (χ1) is 13.8. The van der Waals surface area contributed by atoms with E-state index in [1.165, 1.54) is 12.1 Å². The van der Waals surface area contributed by atoms with Gasteiger partial charge in [0.05, 0.1) is 17.5 Å². The Hall–Kier alpha value is -2.45. The van der Waals surface area contributed by atoms with Crippen LogP contribution in [0.4, 0.5) is 15.8 Å². The van der Waals surface area contributed by atoms with E-state index in [-0.39, 0.29) is 23.5 Å². The van der Waals surface area contributed by atoms with Crippen LogP contribution in [0, 0.1) is 12.7 Å². The molecule has 1 fully saturated rings. The summed E-state index contributed by atoms with van der Waals surface area (Å²) in [5.74, 6) is -0.369. The lowest BCUT2D eigenvalue weighted by Gasteiger charge is -2.24. The third kappa shape index (κ3) is 5.55. The van der Waals surface area contributed by atoms with Crippen LogP contribution in [0.5, 0.6) is 0 Å². The van der Waals surface area contributed by atoms with Crippen LogP contribution in [0.25, 0.3) is 0 Å². The van der Waals surface area contributed by atoms with Crippen molar-refractivity contribution in [3.05, 3.63) is 59.4 Å². The monoisotopic (exact) mass is 419 g/mol. The molecule has 8 heteroatoms. The quantitative estimate of drug-likeness (QED) is 0.720. The second kappa shape index (κ2) is 8.92. The van der Waals surface area contributed by atoms with E-state index < -0.39 is 10.0 Å². The lowest BCUT2D eigenvalue weighted by molar-refractivity contribution is -0.120. The van der Waals surface area contributed by atoms with E-state index in [2.05, 4.69) is 14.9 Å². The van der Waals surface area contributed by atoms with E-state index in [9.17, 15) is 17.6 Å². The van der Waals surface area contributed by atoms with E-state index in [0.717, 1.165) is 30.5 Å². The Kier molecular flexibility index (Phi) is 6.54. The summed E-state index contributed by atoms with van der Waals surface area (Å²) in [5.41, 5.74) is 2.83. The summed E-state index contributed by atoms with van der Waals surface area (Å²) in [6.45, 7) is 4.77. The van der Waals surface area contributed by atoms with Crippen molar-refractivity contribution in [2.45, 2.75) is 39.3 Å². The predicted molar refractivity (Wildman–Crippen MR) is 113 cm³/mol. The van der Waals surface area contributed by atoms with E-state index in [4.69, 9.17) is 0 Å². The molecular formula is C21H26FN3O3S. The molecule has 156 valence electrons. The van der Waals surface area contributed by atoms with Gasteiger partial charge in [0.2, 0.25) is 15.9 Å². The van der Waals surface area contributed by atoms with Crippen LogP contribution < -0.4 is 10.0 Å². The smallest absolute Gasteiger partial charge is 0.241 e. The number of carbonyl (C=O) groups is 1. The third-order valence-electron chi connectivity index (χ3n) is 5.10. The highest BCUT2D eigenvalue weighted by Crippen LogP contribution is 2.24. The Labute approximate surface area is 171 Å². The average Bonchev–Trinajstić information content (AvgIpc) is 3.14. The molecular weight excluding hydrogens is 393 g/mol. The zero-order chi connectivity index (χ0) is 21.0. The highest BCUT2D eigenvalue weighted by molar-refractivity contribution is 7.92. The Morgan fingerprint density at radius 2 is 1.93 bits per heavy atom. The van der Waals surface area contributed by atoms with Gasteiger partial charge in [-0.3, -0.25) is 14.4 Å². The number of anilines is 2.